The molecule has 72 valence electrons. The third-order valence-electron chi connectivity index (χ3n) is 1.82. The van der Waals surface area contributed by atoms with Crippen molar-refractivity contribution in [3.8, 4) is 11.4 Å². The number of ether oxygens (including phenoxy) is 1. The van der Waals surface area contributed by atoms with Gasteiger partial charge in [0, 0.05) is 0 Å². The third-order valence-corrected chi connectivity index (χ3v) is 2.37. The van der Waals surface area contributed by atoms with Gasteiger partial charge in [0.05, 0.1) is 19.0 Å². The van der Waals surface area contributed by atoms with E-state index >= 15 is 0 Å². The number of nitrogens with zero attached hydrogens (tertiary/aromatic N) is 3. The van der Waals surface area contributed by atoms with Crippen molar-refractivity contribution in [3.05, 3.63) is 35.1 Å². The van der Waals surface area contributed by atoms with Crippen LogP contribution in [0.3, 0.4) is 0 Å². The van der Waals surface area contributed by atoms with Gasteiger partial charge in [0.25, 0.3) is 0 Å². The van der Waals surface area contributed by atoms with Gasteiger partial charge in [-0.3, -0.25) is 0 Å². The minimum atomic E-state index is 0.822. The Hall–Kier alpha value is -1.36. The molecular weight excluding hydrogens is 246 g/mol. The smallest absolute Gasteiger partial charge is 0.130 e. The first kappa shape index (κ1) is 9.21. The first-order valence-electron chi connectivity index (χ1n) is 4.02. The highest BCUT2D eigenvalue weighted by Gasteiger charge is 2.02. The van der Waals surface area contributed by atoms with Crippen LogP contribution in [0.1, 0.15) is 0 Å². The van der Waals surface area contributed by atoms with Gasteiger partial charge < -0.3 is 4.74 Å². The fraction of sp³-hybridized carbons (Fsp3) is 0.111. The molecule has 0 saturated carbocycles. The molecule has 0 radical (unpaired) electrons. The molecule has 1 heterocycles. The molecule has 0 bridgehead atoms. The normalized spacial score (nSPS) is 10.1. The van der Waals surface area contributed by atoms with Gasteiger partial charge in [0.15, 0.2) is 0 Å². The van der Waals surface area contributed by atoms with Crippen LogP contribution in [0.2, 0.25) is 0 Å². The number of methoxy groups -OCH3 is 1. The van der Waals surface area contributed by atoms with Crippen LogP contribution in [0, 0.1) is 0 Å². The lowest BCUT2D eigenvalue weighted by Gasteiger charge is -2.03. The molecule has 0 fully saturated rings. The van der Waals surface area contributed by atoms with E-state index in [0.717, 1.165) is 16.0 Å². The summed E-state index contributed by atoms with van der Waals surface area (Å²) in [6.07, 6.45) is 1.64. The van der Waals surface area contributed by atoms with Crippen LogP contribution in [-0.4, -0.2) is 22.1 Å². The molecule has 2 aromatic rings. The lowest BCUT2D eigenvalue weighted by molar-refractivity contribution is 0.414. The van der Waals surface area contributed by atoms with E-state index in [-0.39, 0.29) is 0 Å². The summed E-state index contributed by atoms with van der Waals surface area (Å²) in [4.78, 5) is 0. The zero-order valence-electron chi connectivity index (χ0n) is 7.51. The molecule has 5 heteroatoms. The molecule has 0 unspecified atom stereocenters. The second kappa shape index (κ2) is 3.79. The fourth-order valence-corrected chi connectivity index (χ4v) is 1.49. The summed E-state index contributed by atoms with van der Waals surface area (Å²) in [6.45, 7) is 0. The SMILES string of the molecule is COc1ccc(-n2nncc2Br)cc1. The fourth-order valence-electron chi connectivity index (χ4n) is 1.12. The van der Waals surface area contributed by atoms with Gasteiger partial charge in [-0.15, -0.1) is 5.10 Å². The van der Waals surface area contributed by atoms with E-state index < -0.39 is 0 Å². The largest absolute Gasteiger partial charge is 0.497 e. The summed E-state index contributed by atoms with van der Waals surface area (Å²) < 4.78 is 7.58. The maximum atomic E-state index is 5.06. The van der Waals surface area contributed by atoms with E-state index in [1.807, 2.05) is 24.3 Å². The van der Waals surface area contributed by atoms with Gasteiger partial charge in [-0.05, 0) is 40.2 Å². The zero-order valence-corrected chi connectivity index (χ0v) is 9.10. The van der Waals surface area contributed by atoms with E-state index in [2.05, 4.69) is 26.2 Å². The summed E-state index contributed by atoms with van der Waals surface area (Å²) >= 11 is 3.35. The first-order valence-corrected chi connectivity index (χ1v) is 4.81. The van der Waals surface area contributed by atoms with E-state index in [1.165, 1.54) is 0 Å². The average Bonchev–Trinajstić information content (AvgIpc) is 2.65. The molecule has 14 heavy (non-hydrogen) atoms. The Bertz CT molecular complexity index is 424. The van der Waals surface area contributed by atoms with Gasteiger partial charge in [-0.1, -0.05) is 5.21 Å². The Labute approximate surface area is 89.6 Å². The van der Waals surface area contributed by atoms with Gasteiger partial charge in [-0.2, -0.15) is 0 Å². The van der Waals surface area contributed by atoms with E-state index in [0.29, 0.717) is 0 Å². The van der Waals surface area contributed by atoms with Crippen molar-refractivity contribution >= 4 is 15.9 Å². The van der Waals surface area contributed by atoms with Gasteiger partial charge in [0.1, 0.15) is 10.4 Å². The minimum absolute atomic E-state index is 0.822. The summed E-state index contributed by atoms with van der Waals surface area (Å²) in [6, 6.07) is 7.59. The zero-order chi connectivity index (χ0) is 9.97. The molecule has 0 aliphatic heterocycles. The number of hydrogen-bond acceptors (Lipinski definition) is 3. The highest BCUT2D eigenvalue weighted by Crippen LogP contribution is 2.17. The molecule has 1 aromatic heterocycles. The Balaban J connectivity index is 2.39. The van der Waals surface area contributed by atoms with Crippen molar-refractivity contribution < 1.29 is 4.74 Å². The predicted octanol–water partition coefficient (Wildman–Crippen LogP) is 2.04. The minimum Gasteiger partial charge on any atom is -0.497 e. The average molecular weight is 254 g/mol. The Kier molecular flexibility index (Phi) is 2.49. The molecule has 2 rings (SSSR count). The Morgan fingerprint density at radius 2 is 2.00 bits per heavy atom. The Morgan fingerprint density at radius 3 is 2.50 bits per heavy atom. The van der Waals surface area contributed by atoms with Gasteiger partial charge >= 0.3 is 0 Å². The van der Waals surface area contributed by atoms with Crippen LogP contribution < -0.4 is 4.74 Å². The number of hydrogen-bond donors (Lipinski definition) is 0. The summed E-state index contributed by atoms with van der Waals surface area (Å²) in [5, 5.41) is 7.70. The van der Waals surface area contributed by atoms with Gasteiger partial charge in [0.2, 0.25) is 0 Å². The van der Waals surface area contributed by atoms with Crippen molar-refractivity contribution in [1.82, 2.24) is 15.0 Å². The number of halogens is 1. The van der Waals surface area contributed by atoms with E-state index in [1.54, 1.807) is 18.0 Å². The van der Waals surface area contributed by atoms with Crippen molar-refractivity contribution in [2.75, 3.05) is 7.11 Å². The second-order valence-corrected chi connectivity index (χ2v) is 3.48. The van der Waals surface area contributed by atoms with E-state index in [9.17, 15) is 0 Å². The summed E-state index contributed by atoms with van der Waals surface area (Å²) in [5.74, 6) is 0.824. The topological polar surface area (TPSA) is 39.9 Å². The van der Waals surface area contributed by atoms with Crippen molar-refractivity contribution in [1.29, 1.82) is 0 Å². The molecule has 0 amide bonds. The van der Waals surface area contributed by atoms with Gasteiger partial charge in [-0.25, -0.2) is 4.68 Å². The van der Waals surface area contributed by atoms with Crippen molar-refractivity contribution in [2.24, 2.45) is 0 Å². The van der Waals surface area contributed by atoms with Crippen LogP contribution in [-0.2, 0) is 0 Å². The van der Waals surface area contributed by atoms with Crippen LogP contribution >= 0.6 is 15.9 Å². The summed E-state index contributed by atoms with van der Waals surface area (Å²) in [7, 11) is 1.64. The van der Waals surface area contributed by atoms with Crippen molar-refractivity contribution in [2.45, 2.75) is 0 Å². The van der Waals surface area contributed by atoms with Crippen LogP contribution in [0.4, 0.5) is 0 Å². The number of aromatic nitrogens is 3. The first-order chi connectivity index (χ1) is 6.81. The number of rotatable bonds is 2. The molecular formula is C9H8BrN3O. The number of benzene rings is 1. The lowest BCUT2D eigenvalue weighted by Crippen LogP contribution is -1.96. The second-order valence-electron chi connectivity index (χ2n) is 2.67. The molecule has 0 spiro atoms. The van der Waals surface area contributed by atoms with E-state index in [4.69, 9.17) is 4.74 Å². The highest BCUT2D eigenvalue weighted by molar-refractivity contribution is 9.10. The maximum absolute atomic E-state index is 5.06. The molecule has 0 saturated heterocycles. The molecule has 0 aliphatic carbocycles. The maximum Gasteiger partial charge on any atom is 0.130 e. The van der Waals surface area contributed by atoms with Crippen LogP contribution in [0.25, 0.3) is 5.69 Å². The van der Waals surface area contributed by atoms with Crippen LogP contribution in [0.15, 0.2) is 35.1 Å². The molecule has 0 aliphatic rings. The van der Waals surface area contributed by atoms with Crippen molar-refractivity contribution in [3.63, 3.8) is 0 Å². The molecule has 4 nitrogen and oxygen atoms in total. The third kappa shape index (κ3) is 1.63. The Morgan fingerprint density at radius 1 is 1.29 bits per heavy atom. The molecule has 1 aromatic carbocycles. The standard InChI is InChI=1S/C9H8BrN3O/c1-14-8-4-2-7(3-5-8)13-9(10)6-11-12-13/h2-6H,1H3. The predicted molar refractivity (Wildman–Crippen MR) is 55.6 cm³/mol. The highest BCUT2D eigenvalue weighted by atomic mass is 79.9. The molecule has 0 N–H and O–H groups in total. The monoisotopic (exact) mass is 253 g/mol. The van der Waals surface area contributed by atoms with Crippen LogP contribution in [0.5, 0.6) is 5.75 Å². The quantitative estimate of drug-likeness (QED) is 0.823. The molecule has 0 atom stereocenters. The lowest BCUT2D eigenvalue weighted by atomic mass is 10.3. The summed E-state index contributed by atoms with van der Waals surface area (Å²) in [5.41, 5.74) is 0.940.